The Kier molecular flexibility index (Phi) is 5.46. The van der Waals surface area contributed by atoms with Crippen molar-refractivity contribution in [3.63, 3.8) is 0 Å². The highest BCUT2D eigenvalue weighted by molar-refractivity contribution is 7.15. The minimum atomic E-state index is -0.207. The van der Waals surface area contributed by atoms with Crippen molar-refractivity contribution < 1.29 is 9.53 Å². The average molecular weight is 457 g/mol. The number of carbonyl (C=O) groups excluding carboxylic acids is 1. The van der Waals surface area contributed by atoms with Crippen LogP contribution in [-0.4, -0.2) is 22.9 Å². The monoisotopic (exact) mass is 456 g/mol. The molecule has 0 aliphatic heterocycles. The minimum absolute atomic E-state index is 0.0349. The number of aromatic nitrogens is 2. The molecule has 0 fully saturated rings. The lowest BCUT2D eigenvalue weighted by atomic mass is 9.81. The molecule has 1 aliphatic rings. The number of aromatic amines is 1. The zero-order valence-electron chi connectivity index (χ0n) is 18.8. The fourth-order valence-corrected chi connectivity index (χ4v) is 5.34. The number of fused-ring (bicyclic) bond motifs is 1. The number of methoxy groups -OCH3 is 1. The fraction of sp³-hybridized carbons (Fsp3) is 0.222. The highest BCUT2D eigenvalue weighted by Crippen LogP contribution is 2.36. The summed E-state index contributed by atoms with van der Waals surface area (Å²) in [6.45, 7) is 4.06. The van der Waals surface area contributed by atoms with E-state index in [0.717, 1.165) is 27.4 Å². The highest BCUT2D eigenvalue weighted by atomic mass is 32.1. The van der Waals surface area contributed by atoms with Gasteiger partial charge in [0.1, 0.15) is 10.8 Å². The number of carbonyl (C=O) groups is 1. The van der Waals surface area contributed by atoms with Crippen LogP contribution in [0.4, 0.5) is 0 Å². The van der Waals surface area contributed by atoms with Gasteiger partial charge >= 0.3 is 0 Å². The molecule has 1 aliphatic carbocycles. The summed E-state index contributed by atoms with van der Waals surface area (Å²) in [5.74, 6) is 0.859. The molecule has 33 heavy (non-hydrogen) atoms. The number of hydrogen-bond donors (Lipinski definition) is 1. The molecule has 0 bridgehead atoms. The van der Waals surface area contributed by atoms with Crippen molar-refractivity contribution >= 4 is 17.1 Å². The summed E-state index contributed by atoms with van der Waals surface area (Å²) >= 11 is 1.48. The first-order valence-corrected chi connectivity index (χ1v) is 11.7. The number of H-pyrrole nitrogens is 1. The molecule has 5 rings (SSSR count). The largest absolute Gasteiger partial charge is 0.497 e. The summed E-state index contributed by atoms with van der Waals surface area (Å²) in [6, 6.07) is 17.7. The van der Waals surface area contributed by atoms with E-state index in [2.05, 4.69) is 17.1 Å². The van der Waals surface area contributed by atoms with Gasteiger partial charge in [0.25, 0.3) is 5.56 Å². The Bertz CT molecular complexity index is 1400. The number of Topliss-reactive ketones (excluding diaryl/α,β-unsaturated/α-hetero) is 1. The van der Waals surface area contributed by atoms with Gasteiger partial charge in [-0.15, -0.1) is 11.3 Å². The molecule has 0 spiro atoms. The average Bonchev–Trinajstić information content (AvgIpc) is 3.20. The summed E-state index contributed by atoms with van der Waals surface area (Å²) in [7, 11) is 1.63. The third kappa shape index (κ3) is 4.02. The molecule has 6 heteroatoms. The molecule has 4 aromatic rings. The summed E-state index contributed by atoms with van der Waals surface area (Å²) in [5.41, 5.74) is 5.69. The van der Waals surface area contributed by atoms with Crippen LogP contribution >= 0.6 is 11.3 Å². The van der Waals surface area contributed by atoms with Crippen molar-refractivity contribution in [2.45, 2.75) is 32.6 Å². The molecule has 1 atom stereocenters. The van der Waals surface area contributed by atoms with Gasteiger partial charge in [0, 0.05) is 28.1 Å². The molecular formula is C27H24N2O3S. The SMILES string of the molecule is COc1ccc([C@@H]2CC(=O)c3cc(-c4nc(-c5ccc(C)cc5)c(C)s4)c(=O)[nH]c3C2)cc1. The number of ketones is 1. The summed E-state index contributed by atoms with van der Waals surface area (Å²) in [5, 5.41) is 0.636. The maximum Gasteiger partial charge on any atom is 0.258 e. The first kappa shape index (κ1) is 21.3. The Morgan fingerprint density at radius 1 is 0.970 bits per heavy atom. The van der Waals surface area contributed by atoms with Crippen LogP contribution < -0.4 is 10.3 Å². The molecule has 0 unspecified atom stereocenters. The third-order valence-electron chi connectivity index (χ3n) is 6.24. The molecule has 5 nitrogen and oxygen atoms in total. The standard InChI is InChI=1S/C27H24N2O3S/c1-15-4-6-18(7-5-15)25-16(2)33-27(29-25)22-14-21-23(28-26(22)31)12-19(13-24(21)30)17-8-10-20(32-3)11-9-17/h4-11,14,19H,12-13H2,1-3H3,(H,28,31)/t19-/m0/s1. The molecule has 0 saturated heterocycles. The van der Waals surface area contributed by atoms with Crippen LogP contribution in [-0.2, 0) is 6.42 Å². The Hall–Kier alpha value is -3.51. The number of nitrogens with zero attached hydrogens (tertiary/aromatic N) is 1. The number of benzene rings is 2. The van der Waals surface area contributed by atoms with E-state index in [1.807, 2.05) is 50.2 Å². The van der Waals surface area contributed by atoms with Crippen LogP contribution in [0.3, 0.4) is 0 Å². The first-order chi connectivity index (χ1) is 15.9. The van der Waals surface area contributed by atoms with Gasteiger partial charge in [0.15, 0.2) is 5.78 Å². The number of hydrogen-bond acceptors (Lipinski definition) is 5. The van der Waals surface area contributed by atoms with Crippen molar-refractivity contribution in [2.75, 3.05) is 7.11 Å². The highest BCUT2D eigenvalue weighted by Gasteiger charge is 2.28. The topological polar surface area (TPSA) is 72.0 Å². The second-order valence-corrected chi connectivity index (χ2v) is 9.70. The quantitative estimate of drug-likeness (QED) is 0.427. The van der Waals surface area contributed by atoms with Crippen molar-refractivity contribution in [1.82, 2.24) is 9.97 Å². The molecule has 2 aromatic heterocycles. The molecule has 1 N–H and O–H groups in total. The van der Waals surface area contributed by atoms with Crippen molar-refractivity contribution in [3.8, 4) is 27.6 Å². The molecule has 0 radical (unpaired) electrons. The zero-order valence-corrected chi connectivity index (χ0v) is 19.6. The maximum absolute atomic E-state index is 13.0. The predicted octanol–water partition coefficient (Wildman–Crippen LogP) is 5.70. The van der Waals surface area contributed by atoms with Crippen LogP contribution in [0.1, 0.15) is 44.4 Å². The van der Waals surface area contributed by atoms with Crippen LogP contribution in [0.2, 0.25) is 0 Å². The van der Waals surface area contributed by atoms with E-state index in [1.165, 1.54) is 16.9 Å². The predicted molar refractivity (Wildman–Crippen MR) is 131 cm³/mol. The number of thiazole rings is 1. The number of rotatable bonds is 4. The van der Waals surface area contributed by atoms with Gasteiger partial charge in [-0.1, -0.05) is 42.0 Å². The number of pyridine rings is 1. The second kappa shape index (κ2) is 8.45. The van der Waals surface area contributed by atoms with Gasteiger partial charge in [-0.25, -0.2) is 4.98 Å². The number of ether oxygens (including phenoxy) is 1. The van der Waals surface area contributed by atoms with E-state index in [0.29, 0.717) is 34.7 Å². The van der Waals surface area contributed by atoms with E-state index in [1.54, 1.807) is 13.2 Å². The van der Waals surface area contributed by atoms with Crippen LogP contribution in [0.15, 0.2) is 59.4 Å². The van der Waals surface area contributed by atoms with E-state index in [-0.39, 0.29) is 17.3 Å². The second-order valence-electron chi connectivity index (χ2n) is 8.50. The summed E-state index contributed by atoms with van der Waals surface area (Å²) < 4.78 is 5.23. The van der Waals surface area contributed by atoms with Gasteiger partial charge in [0.05, 0.1) is 18.4 Å². The zero-order chi connectivity index (χ0) is 23.1. The Labute approximate surface area is 196 Å². The first-order valence-electron chi connectivity index (χ1n) is 10.9. The normalized spacial score (nSPS) is 15.4. The lowest BCUT2D eigenvalue weighted by Gasteiger charge is -2.24. The number of nitrogens with one attached hydrogen (secondary N) is 1. The van der Waals surface area contributed by atoms with Gasteiger partial charge in [0.2, 0.25) is 0 Å². The van der Waals surface area contributed by atoms with E-state index in [4.69, 9.17) is 9.72 Å². The van der Waals surface area contributed by atoms with Gasteiger partial charge in [-0.3, -0.25) is 9.59 Å². The van der Waals surface area contributed by atoms with Gasteiger partial charge < -0.3 is 9.72 Å². The Morgan fingerprint density at radius 2 is 1.70 bits per heavy atom. The van der Waals surface area contributed by atoms with Gasteiger partial charge in [-0.2, -0.15) is 0 Å². The molecule has 166 valence electrons. The Morgan fingerprint density at radius 3 is 2.39 bits per heavy atom. The smallest absolute Gasteiger partial charge is 0.258 e. The van der Waals surface area contributed by atoms with E-state index >= 15 is 0 Å². The van der Waals surface area contributed by atoms with Crippen LogP contribution in [0.5, 0.6) is 5.75 Å². The maximum atomic E-state index is 13.0. The molecule has 2 aromatic carbocycles. The van der Waals surface area contributed by atoms with Crippen LogP contribution in [0.25, 0.3) is 21.8 Å². The van der Waals surface area contributed by atoms with Crippen molar-refractivity contribution in [2.24, 2.45) is 0 Å². The number of aryl methyl sites for hydroxylation is 2. The third-order valence-corrected chi connectivity index (χ3v) is 7.25. The molecular weight excluding hydrogens is 432 g/mol. The van der Waals surface area contributed by atoms with Crippen molar-refractivity contribution in [3.05, 3.63) is 92.2 Å². The lowest BCUT2D eigenvalue weighted by Crippen LogP contribution is -2.24. The van der Waals surface area contributed by atoms with Gasteiger partial charge in [-0.05, 0) is 49.9 Å². The fourth-order valence-electron chi connectivity index (χ4n) is 4.39. The summed E-state index contributed by atoms with van der Waals surface area (Å²) in [4.78, 5) is 34.9. The van der Waals surface area contributed by atoms with E-state index in [9.17, 15) is 9.59 Å². The van der Waals surface area contributed by atoms with Crippen LogP contribution in [0, 0.1) is 13.8 Å². The lowest BCUT2D eigenvalue weighted by molar-refractivity contribution is 0.0963. The molecule has 0 saturated carbocycles. The van der Waals surface area contributed by atoms with Crippen molar-refractivity contribution in [1.29, 1.82) is 0 Å². The van der Waals surface area contributed by atoms with E-state index < -0.39 is 0 Å². The minimum Gasteiger partial charge on any atom is -0.497 e. The summed E-state index contributed by atoms with van der Waals surface area (Å²) in [6.07, 6.45) is 1.03. The molecule has 2 heterocycles. The Balaban J connectivity index is 1.49. The molecule has 0 amide bonds.